The summed E-state index contributed by atoms with van der Waals surface area (Å²) in [5, 5.41) is 3.40. The SMILES string of the molecule is CCCC(=O)N1CCC[C@@H](c2nc(Nc3ccccc3)cc(-c3cccnc3)n2)C1. The quantitative estimate of drug-likeness (QED) is 0.643. The fourth-order valence-corrected chi connectivity index (χ4v) is 3.83. The molecule has 3 heterocycles. The molecule has 1 aliphatic heterocycles. The van der Waals surface area contributed by atoms with Crippen molar-refractivity contribution in [2.75, 3.05) is 18.4 Å². The van der Waals surface area contributed by atoms with Crippen molar-refractivity contribution in [2.24, 2.45) is 0 Å². The van der Waals surface area contributed by atoms with E-state index in [1.165, 1.54) is 0 Å². The molecule has 0 radical (unpaired) electrons. The second-order valence-corrected chi connectivity index (χ2v) is 7.66. The number of carbonyl (C=O) groups is 1. The normalized spacial score (nSPS) is 16.3. The van der Waals surface area contributed by atoms with Crippen molar-refractivity contribution in [1.29, 1.82) is 0 Å². The Hall–Kier alpha value is -3.28. The first kappa shape index (κ1) is 20.0. The van der Waals surface area contributed by atoms with Gasteiger partial charge in [0.25, 0.3) is 0 Å². The third-order valence-electron chi connectivity index (χ3n) is 5.35. The van der Waals surface area contributed by atoms with Crippen molar-refractivity contribution in [3.8, 4) is 11.3 Å². The average molecular weight is 402 g/mol. The largest absolute Gasteiger partial charge is 0.342 e. The number of nitrogens with one attached hydrogen (secondary N) is 1. The van der Waals surface area contributed by atoms with Crippen LogP contribution >= 0.6 is 0 Å². The Morgan fingerprint density at radius 2 is 2.03 bits per heavy atom. The highest BCUT2D eigenvalue weighted by Gasteiger charge is 2.27. The molecule has 4 rings (SSSR count). The molecule has 1 fully saturated rings. The van der Waals surface area contributed by atoms with Crippen molar-refractivity contribution in [3.05, 3.63) is 66.7 Å². The van der Waals surface area contributed by atoms with Gasteiger partial charge in [-0.1, -0.05) is 25.1 Å². The second-order valence-electron chi connectivity index (χ2n) is 7.66. The second kappa shape index (κ2) is 9.48. The van der Waals surface area contributed by atoms with Gasteiger partial charge in [-0.3, -0.25) is 9.78 Å². The number of nitrogens with zero attached hydrogens (tertiary/aromatic N) is 4. The van der Waals surface area contributed by atoms with Crippen molar-refractivity contribution < 1.29 is 4.79 Å². The summed E-state index contributed by atoms with van der Waals surface area (Å²) in [5.41, 5.74) is 2.76. The Morgan fingerprint density at radius 1 is 1.17 bits per heavy atom. The Kier molecular flexibility index (Phi) is 6.32. The smallest absolute Gasteiger partial charge is 0.222 e. The van der Waals surface area contributed by atoms with Crippen molar-refractivity contribution in [3.63, 3.8) is 0 Å². The molecule has 0 spiro atoms. The van der Waals surface area contributed by atoms with Crippen molar-refractivity contribution in [1.82, 2.24) is 19.9 Å². The lowest BCUT2D eigenvalue weighted by molar-refractivity contribution is -0.132. The first-order valence-electron chi connectivity index (χ1n) is 10.6. The minimum Gasteiger partial charge on any atom is -0.342 e. The lowest BCUT2D eigenvalue weighted by Crippen LogP contribution is -2.39. The summed E-state index contributed by atoms with van der Waals surface area (Å²) in [6.45, 7) is 3.55. The predicted octanol–water partition coefficient (Wildman–Crippen LogP) is 4.79. The average Bonchev–Trinajstić information content (AvgIpc) is 2.80. The molecule has 3 aromatic rings. The number of benzene rings is 1. The van der Waals surface area contributed by atoms with Gasteiger partial charge in [-0.05, 0) is 43.5 Å². The molecule has 6 nitrogen and oxygen atoms in total. The van der Waals surface area contributed by atoms with Crippen molar-refractivity contribution >= 4 is 17.4 Å². The zero-order chi connectivity index (χ0) is 20.8. The molecule has 1 aromatic carbocycles. The van der Waals surface area contributed by atoms with Gasteiger partial charge in [-0.15, -0.1) is 0 Å². The highest BCUT2D eigenvalue weighted by Crippen LogP contribution is 2.29. The lowest BCUT2D eigenvalue weighted by atomic mass is 9.96. The number of para-hydroxylation sites is 1. The van der Waals surface area contributed by atoms with Crippen LogP contribution in [0.5, 0.6) is 0 Å². The number of hydrogen-bond acceptors (Lipinski definition) is 5. The maximum Gasteiger partial charge on any atom is 0.222 e. The van der Waals surface area contributed by atoms with E-state index in [-0.39, 0.29) is 11.8 Å². The Balaban J connectivity index is 1.66. The minimum absolute atomic E-state index is 0.132. The maximum atomic E-state index is 12.4. The number of piperidine rings is 1. The highest BCUT2D eigenvalue weighted by atomic mass is 16.2. The number of amides is 1. The minimum atomic E-state index is 0.132. The van der Waals surface area contributed by atoms with Crippen LogP contribution in [0.25, 0.3) is 11.3 Å². The monoisotopic (exact) mass is 401 g/mol. The molecule has 0 saturated carbocycles. The number of rotatable bonds is 6. The molecule has 1 N–H and O–H groups in total. The Morgan fingerprint density at radius 3 is 2.80 bits per heavy atom. The molecule has 2 aromatic heterocycles. The first-order valence-corrected chi connectivity index (χ1v) is 10.6. The molecular weight excluding hydrogens is 374 g/mol. The zero-order valence-electron chi connectivity index (χ0n) is 17.3. The molecule has 1 amide bonds. The van der Waals surface area contributed by atoms with Crippen LogP contribution in [0.3, 0.4) is 0 Å². The van der Waals surface area contributed by atoms with Gasteiger partial charge in [0, 0.05) is 55.1 Å². The molecular formula is C24H27N5O. The van der Waals surface area contributed by atoms with E-state index in [1.54, 1.807) is 6.20 Å². The summed E-state index contributed by atoms with van der Waals surface area (Å²) in [6.07, 6.45) is 7.00. The van der Waals surface area contributed by atoms with Gasteiger partial charge in [0.2, 0.25) is 5.91 Å². The summed E-state index contributed by atoms with van der Waals surface area (Å²) < 4.78 is 0. The highest BCUT2D eigenvalue weighted by molar-refractivity contribution is 5.76. The molecule has 0 aliphatic carbocycles. The van der Waals surface area contributed by atoms with Crippen LogP contribution in [0.2, 0.25) is 0 Å². The van der Waals surface area contributed by atoms with Crippen LogP contribution in [0.15, 0.2) is 60.9 Å². The van der Waals surface area contributed by atoms with Gasteiger partial charge in [-0.25, -0.2) is 9.97 Å². The van der Waals surface area contributed by atoms with Gasteiger partial charge >= 0.3 is 0 Å². The summed E-state index contributed by atoms with van der Waals surface area (Å²) in [6, 6.07) is 15.9. The van der Waals surface area contributed by atoms with Gasteiger partial charge in [-0.2, -0.15) is 0 Å². The van der Waals surface area contributed by atoms with Crippen LogP contribution in [0, 0.1) is 0 Å². The fraction of sp³-hybridized carbons (Fsp3) is 0.333. The van der Waals surface area contributed by atoms with Crippen LogP contribution < -0.4 is 5.32 Å². The first-order chi connectivity index (χ1) is 14.7. The third-order valence-corrected chi connectivity index (χ3v) is 5.35. The Bertz CT molecular complexity index is 977. The van der Waals surface area contributed by atoms with Gasteiger partial charge in [0.05, 0.1) is 5.69 Å². The molecule has 1 aliphatic rings. The van der Waals surface area contributed by atoms with Crippen LogP contribution in [0.1, 0.15) is 44.3 Å². The van der Waals surface area contributed by atoms with E-state index in [1.807, 2.05) is 66.6 Å². The fourth-order valence-electron chi connectivity index (χ4n) is 3.83. The van der Waals surface area contributed by atoms with Crippen molar-refractivity contribution in [2.45, 2.75) is 38.5 Å². The number of pyridine rings is 1. The summed E-state index contributed by atoms with van der Waals surface area (Å²) in [5.74, 6) is 1.89. The molecule has 0 unspecified atom stereocenters. The van der Waals surface area contributed by atoms with E-state index in [0.29, 0.717) is 13.0 Å². The lowest BCUT2D eigenvalue weighted by Gasteiger charge is -2.32. The standard InChI is InChI=1S/C24H27N5O/c1-2-8-23(30)29-14-7-10-19(17-29)24-27-21(18-9-6-13-25-16-18)15-22(28-24)26-20-11-4-3-5-12-20/h3-6,9,11-13,15-16,19H,2,7-8,10,14,17H2,1H3,(H,26,27,28)/t19-/m1/s1. The number of carbonyl (C=O) groups excluding carboxylic acids is 1. The number of hydrogen-bond donors (Lipinski definition) is 1. The molecule has 1 saturated heterocycles. The van der Waals surface area contributed by atoms with E-state index in [9.17, 15) is 4.79 Å². The molecule has 6 heteroatoms. The summed E-state index contributed by atoms with van der Waals surface area (Å²) >= 11 is 0. The van der Waals surface area contributed by atoms with E-state index < -0.39 is 0 Å². The number of likely N-dealkylation sites (tertiary alicyclic amines) is 1. The van der Waals surface area contributed by atoms with E-state index in [4.69, 9.17) is 9.97 Å². The topological polar surface area (TPSA) is 71.0 Å². The predicted molar refractivity (Wildman–Crippen MR) is 118 cm³/mol. The van der Waals surface area contributed by atoms with E-state index in [0.717, 1.165) is 54.4 Å². The number of anilines is 2. The molecule has 154 valence electrons. The molecule has 0 bridgehead atoms. The van der Waals surface area contributed by atoms with Crippen LogP contribution in [0.4, 0.5) is 11.5 Å². The van der Waals surface area contributed by atoms with E-state index >= 15 is 0 Å². The Labute approximate surface area is 177 Å². The zero-order valence-corrected chi connectivity index (χ0v) is 17.3. The molecule has 30 heavy (non-hydrogen) atoms. The third kappa shape index (κ3) is 4.82. The van der Waals surface area contributed by atoms with E-state index in [2.05, 4.69) is 10.3 Å². The molecule has 1 atom stereocenters. The van der Waals surface area contributed by atoms with Gasteiger partial charge in [0.15, 0.2) is 0 Å². The maximum absolute atomic E-state index is 12.4. The van der Waals surface area contributed by atoms with Gasteiger partial charge < -0.3 is 10.2 Å². The van der Waals surface area contributed by atoms with Crippen LogP contribution in [-0.4, -0.2) is 38.8 Å². The van der Waals surface area contributed by atoms with Crippen LogP contribution in [-0.2, 0) is 4.79 Å². The summed E-state index contributed by atoms with van der Waals surface area (Å²) in [4.78, 5) is 28.4. The van der Waals surface area contributed by atoms with Gasteiger partial charge in [0.1, 0.15) is 11.6 Å². The summed E-state index contributed by atoms with van der Waals surface area (Å²) in [7, 11) is 0. The number of aromatic nitrogens is 3.